The highest BCUT2D eigenvalue weighted by Crippen LogP contribution is 2.43. The molecule has 1 aromatic rings. The van der Waals surface area contributed by atoms with Gasteiger partial charge in [-0.25, -0.2) is 0 Å². The van der Waals surface area contributed by atoms with Crippen LogP contribution in [0.15, 0.2) is 30.3 Å². The lowest BCUT2D eigenvalue weighted by Gasteiger charge is -2.45. The van der Waals surface area contributed by atoms with Gasteiger partial charge in [-0.1, -0.05) is 30.3 Å². The highest BCUT2D eigenvalue weighted by molar-refractivity contribution is 5.19. The number of hydrogen-bond acceptors (Lipinski definition) is 2. The first kappa shape index (κ1) is 12.2. The molecule has 18 heavy (non-hydrogen) atoms. The third-order valence-electron chi connectivity index (χ3n) is 4.25. The summed E-state index contributed by atoms with van der Waals surface area (Å²) >= 11 is 0. The average Bonchev–Trinajstić information content (AvgIpc) is 2.38. The van der Waals surface area contributed by atoms with Gasteiger partial charge in [-0.2, -0.15) is 0 Å². The Kier molecular flexibility index (Phi) is 3.40. The lowest BCUT2D eigenvalue weighted by atomic mass is 9.80. The predicted molar refractivity (Wildman–Crippen MR) is 71.4 cm³/mol. The molecule has 0 unspecified atom stereocenters. The van der Waals surface area contributed by atoms with Gasteiger partial charge in [0.15, 0.2) is 0 Å². The highest BCUT2D eigenvalue weighted by Gasteiger charge is 2.41. The molecule has 0 amide bonds. The fourth-order valence-corrected chi connectivity index (χ4v) is 3.36. The summed E-state index contributed by atoms with van der Waals surface area (Å²) in [6.07, 6.45) is 4.71. The smallest absolute Gasteiger partial charge is 0.0881 e. The molecule has 0 spiro atoms. The normalized spacial score (nSPS) is 40.2. The molecule has 2 fully saturated rings. The van der Waals surface area contributed by atoms with E-state index in [1.807, 2.05) is 0 Å². The van der Waals surface area contributed by atoms with E-state index in [2.05, 4.69) is 44.2 Å². The quantitative estimate of drug-likeness (QED) is 0.752. The predicted octanol–water partition coefficient (Wildman–Crippen LogP) is 3.72. The Bertz CT molecular complexity index is 387. The summed E-state index contributed by atoms with van der Waals surface area (Å²) in [5.74, 6) is 0.528. The molecule has 5 atom stereocenters. The van der Waals surface area contributed by atoms with E-state index in [-0.39, 0.29) is 6.10 Å². The van der Waals surface area contributed by atoms with E-state index in [9.17, 15) is 0 Å². The molecule has 0 aromatic heterocycles. The van der Waals surface area contributed by atoms with Crippen molar-refractivity contribution in [1.82, 2.24) is 0 Å². The molecular formula is C16H22O2. The molecule has 3 rings (SSSR count). The van der Waals surface area contributed by atoms with Crippen LogP contribution in [0, 0.1) is 5.92 Å². The van der Waals surface area contributed by atoms with Crippen molar-refractivity contribution in [3.8, 4) is 0 Å². The zero-order chi connectivity index (χ0) is 12.5. The Balaban J connectivity index is 1.84. The van der Waals surface area contributed by atoms with Gasteiger partial charge >= 0.3 is 0 Å². The van der Waals surface area contributed by atoms with Gasteiger partial charge in [0.25, 0.3) is 0 Å². The third kappa shape index (κ3) is 2.32. The summed E-state index contributed by atoms with van der Waals surface area (Å²) in [6, 6.07) is 10.6. The van der Waals surface area contributed by atoms with Gasteiger partial charge < -0.3 is 9.47 Å². The van der Waals surface area contributed by atoms with Crippen molar-refractivity contribution in [3.63, 3.8) is 0 Å². The number of rotatable bonds is 1. The second-order valence-corrected chi connectivity index (χ2v) is 5.74. The third-order valence-corrected chi connectivity index (χ3v) is 4.25. The van der Waals surface area contributed by atoms with Gasteiger partial charge in [-0.3, -0.25) is 0 Å². The molecule has 1 aromatic carbocycles. The minimum Gasteiger partial charge on any atom is -0.375 e. The second kappa shape index (κ2) is 5.02. The van der Waals surface area contributed by atoms with Crippen molar-refractivity contribution < 1.29 is 9.47 Å². The van der Waals surface area contributed by atoms with Crippen molar-refractivity contribution in [2.75, 3.05) is 0 Å². The molecule has 2 heterocycles. The Labute approximate surface area is 109 Å². The van der Waals surface area contributed by atoms with Gasteiger partial charge in [0.1, 0.15) is 0 Å². The van der Waals surface area contributed by atoms with Crippen molar-refractivity contribution in [2.24, 2.45) is 5.92 Å². The first-order valence-electron chi connectivity index (χ1n) is 7.10. The Morgan fingerprint density at radius 3 is 2.50 bits per heavy atom. The molecule has 2 saturated heterocycles. The van der Waals surface area contributed by atoms with E-state index in [0.717, 1.165) is 12.8 Å². The first-order valence-corrected chi connectivity index (χ1v) is 7.10. The molecule has 2 aliphatic rings. The standard InChI is InChI=1S/C16H22O2/c1-11-8-9-14-15(17-11)10-12(2)18-16(14)13-6-4-3-5-7-13/h3-7,11-12,14-16H,8-10H2,1-2H3/t11-,12-,14-,15+,16+/m1/s1. The maximum Gasteiger partial charge on any atom is 0.0881 e. The summed E-state index contributed by atoms with van der Waals surface area (Å²) in [7, 11) is 0. The van der Waals surface area contributed by atoms with Gasteiger partial charge in [-0.05, 0) is 38.7 Å². The number of benzene rings is 1. The summed E-state index contributed by atoms with van der Waals surface area (Å²) in [4.78, 5) is 0. The first-order chi connectivity index (χ1) is 8.74. The van der Waals surface area contributed by atoms with Crippen LogP contribution < -0.4 is 0 Å². The lowest BCUT2D eigenvalue weighted by molar-refractivity contribution is -0.188. The van der Waals surface area contributed by atoms with E-state index in [1.165, 1.54) is 12.0 Å². The lowest BCUT2D eigenvalue weighted by Crippen LogP contribution is -2.44. The summed E-state index contributed by atoms with van der Waals surface area (Å²) < 4.78 is 12.3. The van der Waals surface area contributed by atoms with Crippen molar-refractivity contribution >= 4 is 0 Å². The van der Waals surface area contributed by atoms with Gasteiger partial charge in [0.2, 0.25) is 0 Å². The number of ether oxygens (including phenoxy) is 2. The van der Waals surface area contributed by atoms with Gasteiger partial charge in [-0.15, -0.1) is 0 Å². The van der Waals surface area contributed by atoms with Crippen LogP contribution in [-0.2, 0) is 9.47 Å². The molecule has 2 heteroatoms. The molecule has 0 saturated carbocycles. The number of fused-ring (bicyclic) bond motifs is 1. The van der Waals surface area contributed by atoms with Crippen LogP contribution in [0.3, 0.4) is 0 Å². The molecule has 98 valence electrons. The van der Waals surface area contributed by atoms with E-state index >= 15 is 0 Å². The molecule has 2 nitrogen and oxygen atoms in total. The van der Waals surface area contributed by atoms with Crippen LogP contribution in [0.25, 0.3) is 0 Å². The van der Waals surface area contributed by atoms with E-state index in [4.69, 9.17) is 9.47 Å². The second-order valence-electron chi connectivity index (χ2n) is 5.74. The van der Waals surface area contributed by atoms with Crippen LogP contribution >= 0.6 is 0 Å². The average molecular weight is 246 g/mol. The minimum atomic E-state index is 0.215. The van der Waals surface area contributed by atoms with Crippen molar-refractivity contribution in [3.05, 3.63) is 35.9 Å². The summed E-state index contributed by atoms with van der Waals surface area (Å²) in [5, 5.41) is 0. The Morgan fingerprint density at radius 1 is 0.944 bits per heavy atom. The van der Waals surface area contributed by atoms with Crippen LogP contribution in [0.4, 0.5) is 0 Å². The molecule has 0 N–H and O–H groups in total. The van der Waals surface area contributed by atoms with E-state index < -0.39 is 0 Å². The molecular weight excluding hydrogens is 224 g/mol. The van der Waals surface area contributed by atoms with Crippen LogP contribution in [0.5, 0.6) is 0 Å². The fourth-order valence-electron chi connectivity index (χ4n) is 3.36. The Morgan fingerprint density at radius 2 is 1.72 bits per heavy atom. The summed E-state index contributed by atoms with van der Waals surface area (Å²) in [5.41, 5.74) is 1.30. The SMILES string of the molecule is C[C@@H]1CC[C@@H]2[C@H](C[C@@H](C)O[C@H]2c2ccccc2)O1. The summed E-state index contributed by atoms with van der Waals surface area (Å²) in [6.45, 7) is 4.35. The zero-order valence-corrected chi connectivity index (χ0v) is 11.2. The zero-order valence-electron chi connectivity index (χ0n) is 11.2. The molecule has 0 radical (unpaired) electrons. The molecule has 0 aliphatic carbocycles. The van der Waals surface area contributed by atoms with Crippen LogP contribution in [-0.4, -0.2) is 18.3 Å². The van der Waals surface area contributed by atoms with Crippen molar-refractivity contribution in [2.45, 2.75) is 57.5 Å². The molecule has 0 bridgehead atoms. The number of hydrogen-bond donors (Lipinski definition) is 0. The highest BCUT2D eigenvalue weighted by atomic mass is 16.5. The van der Waals surface area contributed by atoms with Gasteiger partial charge in [0, 0.05) is 5.92 Å². The van der Waals surface area contributed by atoms with Crippen LogP contribution in [0.2, 0.25) is 0 Å². The molecule has 2 aliphatic heterocycles. The monoisotopic (exact) mass is 246 g/mol. The maximum atomic E-state index is 6.20. The Hall–Kier alpha value is -0.860. The van der Waals surface area contributed by atoms with Crippen molar-refractivity contribution in [1.29, 1.82) is 0 Å². The van der Waals surface area contributed by atoms with Crippen LogP contribution in [0.1, 0.15) is 44.8 Å². The van der Waals surface area contributed by atoms with E-state index in [0.29, 0.717) is 24.2 Å². The minimum absolute atomic E-state index is 0.215. The van der Waals surface area contributed by atoms with E-state index in [1.54, 1.807) is 0 Å². The van der Waals surface area contributed by atoms with Gasteiger partial charge in [0.05, 0.1) is 24.4 Å². The maximum absolute atomic E-state index is 6.20. The topological polar surface area (TPSA) is 18.5 Å². The largest absolute Gasteiger partial charge is 0.375 e. The fraction of sp³-hybridized carbons (Fsp3) is 0.625.